The van der Waals surface area contributed by atoms with Crippen LogP contribution in [0.25, 0.3) is 11.1 Å². The van der Waals surface area contributed by atoms with Crippen molar-refractivity contribution in [3.63, 3.8) is 0 Å². The number of carbonyl (C=O) groups is 1. The number of aromatic hydroxyl groups is 1. The second-order valence-electron chi connectivity index (χ2n) is 9.57. The van der Waals surface area contributed by atoms with Crippen molar-refractivity contribution >= 4 is 24.5 Å². The molecule has 0 aromatic heterocycles. The molecule has 9 heteroatoms. The number of phenols is 1. The van der Waals surface area contributed by atoms with Crippen molar-refractivity contribution in [2.24, 2.45) is 5.92 Å². The van der Waals surface area contributed by atoms with Crippen LogP contribution >= 0.6 is 7.60 Å². The number of phenolic OH excluding ortho intramolecular Hbond substituents is 1. The van der Waals surface area contributed by atoms with E-state index in [0.29, 0.717) is 34.4 Å². The zero-order valence-electron chi connectivity index (χ0n) is 20.8. The Bertz CT molecular complexity index is 1540. The first kappa shape index (κ1) is 26.8. The minimum absolute atomic E-state index is 0.115. The summed E-state index contributed by atoms with van der Waals surface area (Å²) in [7, 11) is -4.56. The predicted molar refractivity (Wildman–Crippen MR) is 146 cm³/mol. The Labute approximate surface area is 225 Å². The van der Waals surface area contributed by atoms with Crippen molar-refractivity contribution in [2.75, 3.05) is 4.90 Å². The molecule has 7 nitrogen and oxygen atoms in total. The highest BCUT2D eigenvalue weighted by Gasteiger charge is 2.49. The molecular formula is C30H27FNO6P. The molecule has 0 radical (unpaired) electrons. The molecule has 1 saturated heterocycles. The van der Waals surface area contributed by atoms with Gasteiger partial charge in [0.1, 0.15) is 11.6 Å². The summed E-state index contributed by atoms with van der Waals surface area (Å²) in [6.07, 6.45) is -0.298. The number of amides is 1. The average molecular weight is 548 g/mol. The molecule has 200 valence electrons. The van der Waals surface area contributed by atoms with Gasteiger partial charge in [-0.15, -0.1) is 0 Å². The second-order valence-corrected chi connectivity index (χ2v) is 11.1. The van der Waals surface area contributed by atoms with Crippen LogP contribution in [0.1, 0.15) is 36.1 Å². The molecule has 4 N–H and O–H groups in total. The topological polar surface area (TPSA) is 118 Å². The molecule has 0 unspecified atom stereocenters. The standard InChI is InChI=1S/C30H27FNO6P/c31-21-13-10-19(11-14-21)26(33)17-16-25-29(32(30(25)35)22-6-2-1-3-7-22)24-15-12-20(18-27(24)34)23-8-4-5-9-28(23)39(36,37)38/h1-15,18,25-26,29,33-34H,16-17H2,(H2,36,37,38)/t25-,26+,29-/m1/s1. The quantitative estimate of drug-likeness (QED) is 0.178. The summed E-state index contributed by atoms with van der Waals surface area (Å²) >= 11 is 0. The van der Waals surface area contributed by atoms with Crippen molar-refractivity contribution in [3.8, 4) is 16.9 Å². The van der Waals surface area contributed by atoms with E-state index in [1.807, 2.05) is 18.2 Å². The van der Waals surface area contributed by atoms with Crippen molar-refractivity contribution in [1.29, 1.82) is 0 Å². The van der Waals surface area contributed by atoms with Gasteiger partial charge in [-0.1, -0.05) is 60.7 Å². The molecule has 4 aromatic rings. The van der Waals surface area contributed by atoms with Crippen molar-refractivity contribution < 1.29 is 33.7 Å². The number of benzene rings is 4. The molecular weight excluding hydrogens is 520 g/mol. The van der Waals surface area contributed by atoms with Crippen molar-refractivity contribution in [3.05, 3.63) is 114 Å². The van der Waals surface area contributed by atoms with Gasteiger partial charge < -0.3 is 24.9 Å². The highest BCUT2D eigenvalue weighted by molar-refractivity contribution is 7.60. The number of para-hydroxylation sites is 1. The van der Waals surface area contributed by atoms with E-state index in [1.54, 1.807) is 41.3 Å². The van der Waals surface area contributed by atoms with Crippen LogP contribution in [0.15, 0.2) is 97.1 Å². The largest absolute Gasteiger partial charge is 0.508 e. The van der Waals surface area contributed by atoms with Crippen molar-refractivity contribution in [2.45, 2.75) is 25.0 Å². The SMILES string of the molecule is O=C1[C@H](CC[C@H](O)c2ccc(F)cc2)[C@@H](c2ccc(-c3ccccc3P(=O)(O)O)cc2O)N1c1ccccc1. The fraction of sp³-hybridized carbons (Fsp3) is 0.167. The summed E-state index contributed by atoms with van der Waals surface area (Å²) in [5.41, 5.74) is 2.43. The van der Waals surface area contributed by atoms with Gasteiger partial charge in [-0.25, -0.2) is 4.39 Å². The van der Waals surface area contributed by atoms with Gasteiger partial charge in [0.2, 0.25) is 5.91 Å². The monoisotopic (exact) mass is 547 g/mol. The van der Waals surface area contributed by atoms with E-state index in [0.717, 1.165) is 0 Å². The normalized spacial score (nSPS) is 18.1. The first-order chi connectivity index (χ1) is 18.6. The molecule has 0 saturated carbocycles. The minimum atomic E-state index is -4.56. The van der Waals surface area contributed by atoms with Gasteiger partial charge in [0.05, 0.1) is 23.4 Å². The smallest absolute Gasteiger partial charge is 0.356 e. The molecule has 0 spiro atoms. The number of halogens is 1. The number of nitrogens with zero attached hydrogens (tertiary/aromatic N) is 1. The Morgan fingerprint density at radius 1 is 0.897 bits per heavy atom. The third-order valence-electron chi connectivity index (χ3n) is 7.13. The number of hydrogen-bond acceptors (Lipinski definition) is 4. The fourth-order valence-electron chi connectivity index (χ4n) is 5.18. The maximum Gasteiger partial charge on any atom is 0.356 e. The van der Waals surface area contributed by atoms with E-state index < -0.39 is 31.5 Å². The zero-order chi connectivity index (χ0) is 27.7. The molecule has 0 bridgehead atoms. The van der Waals surface area contributed by atoms with Crippen LogP contribution in [-0.2, 0) is 9.36 Å². The molecule has 3 atom stereocenters. The highest BCUT2D eigenvalue weighted by Crippen LogP contribution is 2.49. The molecule has 1 heterocycles. The van der Waals surface area contributed by atoms with E-state index in [2.05, 4.69) is 0 Å². The van der Waals surface area contributed by atoms with Crippen LogP contribution in [0, 0.1) is 11.7 Å². The molecule has 1 aliphatic heterocycles. The Hall–Kier alpha value is -3.81. The van der Waals surface area contributed by atoms with E-state index in [4.69, 9.17) is 0 Å². The summed E-state index contributed by atoms with van der Waals surface area (Å²) in [6.45, 7) is 0. The lowest BCUT2D eigenvalue weighted by Crippen LogP contribution is -2.55. The number of hydrogen-bond donors (Lipinski definition) is 4. The first-order valence-corrected chi connectivity index (χ1v) is 14.1. The maximum absolute atomic E-state index is 13.3. The lowest BCUT2D eigenvalue weighted by atomic mass is 9.77. The van der Waals surface area contributed by atoms with Gasteiger partial charge in [-0.2, -0.15) is 0 Å². The Morgan fingerprint density at radius 3 is 2.23 bits per heavy atom. The molecule has 4 aromatic carbocycles. The maximum atomic E-state index is 13.3. The van der Waals surface area contributed by atoms with Gasteiger partial charge in [0.25, 0.3) is 0 Å². The van der Waals surface area contributed by atoms with Crippen LogP contribution < -0.4 is 10.2 Å². The van der Waals surface area contributed by atoms with E-state index >= 15 is 0 Å². The Kier molecular flexibility index (Phi) is 7.38. The van der Waals surface area contributed by atoms with E-state index in [-0.39, 0.29) is 23.4 Å². The van der Waals surface area contributed by atoms with Crippen LogP contribution in [0.5, 0.6) is 5.75 Å². The molecule has 1 fully saturated rings. The number of β-lactam (4-membered cyclic amide) rings is 1. The van der Waals surface area contributed by atoms with Crippen LogP contribution in [-0.4, -0.2) is 25.9 Å². The predicted octanol–water partition coefficient (Wildman–Crippen LogP) is 5.22. The molecule has 1 amide bonds. The number of carbonyl (C=O) groups excluding carboxylic acids is 1. The van der Waals surface area contributed by atoms with Crippen LogP contribution in [0.3, 0.4) is 0 Å². The number of aliphatic hydroxyl groups is 1. The first-order valence-electron chi connectivity index (χ1n) is 12.4. The van der Waals surface area contributed by atoms with E-state index in [1.165, 1.54) is 42.5 Å². The zero-order valence-corrected chi connectivity index (χ0v) is 21.7. The fourth-order valence-corrected chi connectivity index (χ4v) is 5.98. The third-order valence-corrected chi connectivity index (χ3v) is 8.15. The molecule has 39 heavy (non-hydrogen) atoms. The van der Waals surface area contributed by atoms with Crippen LogP contribution in [0.4, 0.5) is 10.1 Å². The molecule has 1 aliphatic rings. The number of rotatable bonds is 8. The molecule has 5 rings (SSSR count). The summed E-state index contributed by atoms with van der Waals surface area (Å²) in [4.78, 5) is 34.5. The lowest BCUT2D eigenvalue weighted by molar-refractivity contribution is -0.131. The lowest BCUT2D eigenvalue weighted by Gasteiger charge is -2.48. The second kappa shape index (κ2) is 10.8. The van der Waals surface area contributed by atoms with Gasteiger partial charge in [0.15, 0.2) is 0 Å². The minimum Gasteiger partial charge on any atom is -0.508 e. The number of aliphatic hydroxyl groups excluding tert-OH is 1. The van der Waals surface area contributed by atoms with E-state index in [9.17, 15) is 33.7 Å². The Morgan fingerprint density at radius 2 is 1.56 bits per heavy atom. The van der Waals surface area contributed by atoms with Gasteiger partial charge in [-0.3, -0.25) is 9.36 Å². The van der Waals surface area contributed by atoms with Gasteiger partial charge in [-0.05, 0) is 65.9 Å². The van der Waals surface area contributed by atoms with Crippen molar-refractivity contribution in [1.82, 2.24) is 0 Å². The number of anilines is 1. The summed E-state index contributed by atoms with van der Waals surface area (Å²) in [6, 6.07) is 25.0. The van der Waals surface area contributed by atoms with Gasteiger partial charge >= 0.3 is 7.60 Å². The Balaban J connectivity index is 1.46. The van der Waals surface area contributed by atoms with Crippen LogP contribution in [0.2, 0.25) is 0 Å². The third kappa shape index (κ3) is 5.37. The molecule has 0 aliphatic carbocycles. The van der Waals surface area contributed by atoms with Gasteiger partial charge in [0, 0.05) is 11.3 Å². The summed E-state index contributed by atoms with van der Waals surface area (Å²) in [5, 5.41) is 21.6. The average Bonchev–Trinajstić information content (AvgIpc) is 2.92. The highest BCUT2D eigenvalue weighted by atomic mass is 31.2. The summed E-state index contributed by atoms with van der Waals surface area (Å²) in [5.74, 6) is -1.19. The summed E-state index contributed by atoms with van der Waals surface area (Å²) < 4.78 is 25.3.